The monoisotopic (exact) mass is 278 g/mol. The summed E-state index contributed by atoms with van der Waals surface area (Å²) in [6, 6.07) is 16.5. The molecule has 0 aliphatic rings. The molecular weight excluding hydrogens is 260 g/mol. The Morgan fingerprint density at radius 1 is 1.10 bits per heavy atom. The van der Waals surface area contributed by atoms with Gasteiger partial charge in [-0.2, -0.15) is 0 Å². The summed E-state index contributed by atoms with van der Waals surface area (Å²) in [5.41, 5.74) is 4.51. The fourth-order valence-corrected chi connectivity index (χ4v) is 2.44. The van der Waals surface area contributed by atoms with Crippen LogP contribution in [0.1, 0.15) is 11.1 Å². The van der Waals surface area contributed by atoms with Crippen molar-refractivity contribution in [3.05, 3.63) is 65.9 Å². The van der Waals surface area contributed by atoms with E-state index in [1.54, 1.807) is 7.11 Å². The number of rotatable bonds is 4. The number of nitrogens with zero attached hydrogens (tertiary/aromatic N) is 1. The summed E-state index contributed by atoms with van der Waals surface area (Å²) in [4.78, 5) is 4.33. The zero-order valence-corrected chi connectivity index (χ0v) is 12.3. The van der Waals surface area contributed by atoms with Gasteiger partial charge in [-0.25, -0.2) is 0 Å². The van der Waals surface area contributed by atoms with Crippen molar-refractivity contribution in [2.75, 3.05) is 12.4 Å². The van der Waals surface area contributed by atoms with Crippen LogP contribution in [-0.2, 0) is 6.54 Å². The Morgan fingerprint density at radius 3 is 2.81 bits per heavy atom. The molecule has 3 heteroatoms. The summed E-state index contributed by atoms with van der Waals surface area (Å²) in [7, 11) is 1.70. The molecule has 21 heavy (non-hydrogen) atoms. The largest absolute Gasteiger partial charge is 0.496 e. The predicted octanol–water partition coefficient (Wildman–Crippen LogP) is 4.16. The van der Waals surface area contributed by atoms with Crippen LogP contribution in [0.4, 0.5) is 5.69 Å². The molecule has 106 valence electrons. The predicted molar refractivity (Wildman–Crippen MR) is 86.8 cm³/mol. The molecule has 0 aliphatic carbocycles. The van der Waals surface area contributed by atoms with Gasteiger partial charge >= 0.3 is 0 Å². The zero-order chi connectivity index (χ0) is 14.7. The highest BCUT2D eigenvalue weighted by Crippen LogP contribution is 2.20. The van der Waals surface area contributed by atoms with Crippen LogP contribution in [0.15, 0.2) is 54.7 Å². The topological polar surface area (TPSA) is 34.1 Å². The molecule has 0 fully saturated rings. The molecule has 1 N–H and O–H groups in total. The number of methoxy groups -OCH3 is 1. The van der Waals surface area contributed by atoms with Gasteiger partial charge in [0.25, 0.3) is 0 Å². The Morgan fingerprint density at radius 2 is 2.00 bits per heavy atom. The summed E-state index contributed by atoms with van der Waals surface area (Å²) >= 11 is 0. The smallest absolute Gasteiger partial charge is 0.121 e. The maximum absolute atomic E-state index is 5.28. The fraction of sp³-hybridized carbons (Fsp3) is 0.167. The lowest BCUT2D eigenvalue weighted by molar-refractivity contribution is 0.411. The molecule has 1 aromatic heterocycles. The molecular formula is C18H18N2O. The minimum absolute atomic E-state index is 0.788. The third kappa shape index (κ3) is 2.97. The molecule has 3 rings (SSSR count). The fourth-order valence-electron chi connectivity index (χ4n) is 2.44. The Labute approximate surface area is 124 Å². The van der Waals surface area contributed by atoms with Gasteiger partial charge in [-0.3, -0.25) is 4.98 Å². The Bertz CT molecular complexity index is 768. The highest BCUT2D eigenvalue weighted by molar-refractivity contribution is 5.82. The SMILES string of the molecule is COc1ccc(CNc2ccc3ncccc3c2)cc1C. The molecule has 0 saturated carbocycles. The normalized spacial score (nSPS) is 10.6. The van der Waals surface area contributed by atoms with E-state index in [0.717, 1.165) is 34.4 Å². The van der Waals surface area contributed by atoms with Gasteiger partial charge in [0.2, 0.25) is 0 Å². The number of aromatic nitrogens is 1. The molecule has 0 atom stereocenters. The van der Waals surface area contributed by atoms with Crippen molar-refractivity contribution < 1.29 is 4.74 Å². The van der Waals surface area contributed by atoms with Crippen molar-refractivity contribution in [3.63, 3.8) is 0 Å². The first-order valence-electron chi connectivity index (χ1n) is 6.98. The van der Waals surface area contributed by atoms with E-state index < -0.39 is 0 Å². The van der Waals surface area contributed by atoms with E-state index in [1.807, 2.05) is 24.4 Å². The first-order chi connectivity index (χ1) is 10.3. The molecule has 1 heterocycles. The van der Waals surface area contributed by atoms with E-state index in [1.165, 1.54) is 5.56 Å². The van der Waals surface area contributed by atoms with Crippen molar-refractivity contribution >= 4 is 16.6 Å². The lowest BCUT2D eigenvalue weighted by Gasteiger charge is -2.10. The molecule has 0 aliphatic heterocycles. The highest BCUT2D eigenvalue weighted by atomic mass is 16.5. The van der Waals surface area contributed by atoms with Crippen LogP contribution >= 0.6 is 0 Å². The minimum atomic E-state index is 0.788. The maximum Gasteiger partial charge on any atom is 0.121 e. The van der Waals surface area contributed by atoms with Crippen LogP contribution in [0.25, 0.3) is 10.9 Å². The summed E-state index contributed by atoms with van der Waals surface area (Å²) in [5.74, 6) is 0.926. The lowest BCUT2D eigenvalue weighted by atomic mass is 10.1. The molecule has 0 radical (unpaired) electrons. The average molecular weight is 278 g/mol. The van der Waals surface area contributed by atoms with Crippen LogP contribution < -0.4 is 10.1 Å². The molecule has 2 aromatic carbocycles. The number of pyridine rings is 1. The number of fused-ring (bicyclic) bond motifs is 1. The second kappa shape index (κ2) is 5.83. The number of aryl methyl sites for hydroxylation is 1. The summed E-state index contributed by atoms with van der Waals surface area (Å²) in [6.45, 7) is 2.85. The number of hydrogen-bond donors (Lipinski definition) is 1. The van der Waals surface area contributed by atoms with E-state index in [2.05, 4.69) is 47.6 Å². The second-order valence-corrected chi connectivity index (χ2v) is 5.07. The second-order valence-electron chi connectivity index (χ2n) is 5.07. The van der Waals surface area contributed by atoms with E-state index in [9.17, 15) is 0 Å². The first kappa shape index (κ1) is 13.4. The molecule has 0 saturated heterocycles. The Balaban J connectivity index is 1.75. The van der Waals surface area contributed by atoms with Gasteiger partial charge < -0.3 is 10.1 Å². The third-order valence-corrected chi connectivity index (χ3v) is 3.56. The summed E-state index contributed by atoms with van der Waals surface area (Å²) < 4.78 is 5.28. The van der Waals surface area contributed by atoms with Gasteiger partial charge in [0, 0.05) is 23.8 Å². The number of hydrogen-bond acceptors (Lipinski definition) is 3. The summed E-state index contributed by atoms with van der Waals surface area (Å²) in [6.07, 6.45) is 1.82. The minimum Gasteiger partial charge on any atom is -0.496 e. The van der Waals surface area contributed by atoms with Crippen LogP contribution in [0.5, 0.6) is 5.75 Å². The summed E-state index contributed by atoms with van der Waals surface area (Å²) in [5, 5.41) is 4.60. The number of benzene rings is 2. The van der Waals surface area contributed by atoms with Crippen molar-refractivity contribution in [2.24, 2.45) is 0 Å². The molecule has 3 nitrogen and oxygen atoms in total. The Kier molecular flexibility index (Phi) is 3.73. The maximum atomic E-state index is 5.28. The lowest BCUT2D eigenvalue weighted by Crippen LogP contribution is -2.00. The van der Waals surface area contributed by atoms with Crippen molar-refractivity contribution in [1.29, 1.82) is 0 Å². The average Bonchev–Trinajstić information content (AvgIpc) is 2.53. The van der Waals surface area contributed by atoms with E-state index >= 15 is 0 Å². The first-order valence-corrected chi connectivity index (χ1v) is 6.98. The van der Waals surface area contributed by atoms with Gasteiger partial charge in [0.05, 0.1) is 12.6 Å². The van der Waals surface area contributed by atoms with Crippen LogP contribution in [0.2, 0.25) is 0 Å². The van der Waals surface area contributed by atoms with E-state index in [0.29, 0.717) is 0 Å². The van der Waals surface area contributed by atoms with Crippen molar-refractivity contribution in [1.82, 2.24) is 4.98 Å². The number of ether oxygens (including phenoxy) is 1. The molecule has 0 amide bonds. The number of anilines is 1. The number of nitrogens with one attached hydrogen (secondary N) is 1. The molecule has 3 aromatic rings. The van der Waals surface area contributed by atoms with Crippen LogP contribution in [0.3, 0.4) is 0 Å². The van der Waals surface area contributed by atoms with Gasteiger partial charge in [0.1, 0.15) is 5.75 Å². The van der Waals surface area contributed by atoms with E-state index in [4.69, 9.17) is 4.74 Å². The van der Waals surface area contributed by atoms with Crippen molar-refractivity contribution in [3.8, 4) is 5.75 Å². The quantitative estimate of drug-likeness (QED) is 0.778. The van der Waals surface area contributed by atoms with Crippen LogP contribution in [-0.4, -0.2) is 12.1 Å². The molecule has 0 bridgehead atoms. The standard InChI is InChI=1S/C18H18N2O/c1-13-10-14(5-8-18(13)21-2)12-20-16-6-7-17-15(11-16)4-3-9-19-17/h3-11,20H,12H2,1-2H3. The highest BCUT2D eigenvalue weighted by Gasteiger charge is 2.01. The van der Waals surface area contributed by atoms with Crippen molar-refractivity contribution in [2.45, 2.75) is 13.5 Å². The van der Waals surface area contributed by atoms with Gasteiger partial charge in [0.15, 0.2) is 0 Å². The molecule has 0 spiro atoms. The van der Waals surface area contributed by atoms with E-state index in [-0.39, 0.29) is 0 Å². The van der Waals surface area contributed by atoms with Gasteiger partial charge in [-0.15, -0.1) is 0 Å². The zero-order valence-electron chi connectivity index (χ0n) is 12.3. The third-order valence-electron chi connectivity index (χ3n) is 3.56. The van der Waals surface area contributed by atoms with Crippen LogP contribution in [0, 0.1) is 6.92 Å². The van der Waals surface area contributed by atoms with Gasteiger partial charge in [-0.1, -0.05) is 18.2 Å². The Hall–Kier alpha value is -2.55. The molecule has 0 unspecified atom stereocenters. The van der Waals surface area contributed by atoms with Gasteiger partial charge in [-0.05, 0) is 48.4 Å².